The molecule has 62 valence electrons. The lowest BCUT2D eigenvalue weighted by atomic mass is 10.2. The standard InChI is InChI=1S/C9H9NO2/c11-9(12)7-1-3-8(4-2-7)10-5-6-10/h1-4H,5-6H2,(H,11,12). The van der Waals surface area contributed by atoms with Crippen molar-refractivity contribution in [3.63, 3.8) is 0 Å². The zero-order valence-corrected chi connectivity index (χ0v) is 6.53. The van der Waals surface area contributed by atoms with Gasteiger partial charge in [-0.25, -0.2) is 4.79 Å². The van der Waals surface area contributed by atoms with Gasteiger partial charge in [0.25, 0.3) is 0 Å². The summed E-state index contributed by atoms with van der Waals surface area (Å²) in [6, 6.07) is 6.96. The first kappa shape index (κ1) is 7.16. The van der Waals surface area contributed by atoms with E-state index in [-0.39, 0.29) is 0 Å². The predicted molar refractivity (Wildman–Crippen MR) is 45.6 cm³/mol. The number of rotatable bonds is 2. The Balaban J connectivity index is 2.24. The second-order valence-corrected chi connectivity index (χ2v) is 2.84. The van der Waals surface area contributed by atoms with Crippen LogP contribution in [0.3, 0.4) is 0 Å². The van der Waals surface area contributed by atoms with Gasteiger partial charge in [-0.1, -0.05) is 0 Å². The quantitative estimate of drug-likeness (QED) is 0.666. The van der Waals surface area contributed by atoms with Crippen molar-refractivity contribution in [1.82, 2.24) is 0 Å². The highest BCUT2D eigenvalue weighted by atomic mass is 16.4. The third-order valence-corrected chi connectivity index (χ3v) is 1.93. The second kappa shape index (κ2) is 2.52. The van der Waals surface area contributed by atoms with Gasteiger partial charge in [-0.3, -0.25) is 0 Å². The Bertz CT molecular complexity index is 301. The van der Waals surface area contributed by atoms with Gasteiger partial charge in [0.2, 0.25) is 0 Å². The minimum Gasteiger partial charge on any atom is -0.478 e. The fourth-order valence-corrected chi connectivity index (χ4v) is 1.12. The molecule has 0 saturated carbocycles. The van der Waals surface area contributed by atoms with Crippen LogP contribution in [-0.4, -0.2) is 24.2 Å². The van der Waals surface area contributed by atoms with E-state index in [1.165, 1.54) is 0 Å². The highest BCUT2D eigenvalue weighted by molar-refractivity contribution is 5.88. The SMILES string of the molecule is O=C(O)c1ccc(N2CC2)cc1. The van der Waals surface area contributed by atoms with Gasteiger partial charge in [-0.05, 0) is 24.3 Å². The van der Waals surface area contributed by atoms with Crippen LogP contribution in [0.5, 0.6) is 0 Å². The zero-order chi connectivity index (χ0) is 8.55. The number of benzene rings is 1. The summed E-state index contributed by atoms with van der Waals surface area (Å²) < 4.78 is 0. The van der Waals surface area contributed by atoms with Crippen molar-refractivity contribution in [2.24, 2.45) is 0 Å². The van der Waals surface area contributed by atoms with Gasteiger partial charge >= 0.3 is 5.97 Å². The molecule has 3 nitrogen and oxygen atoms in total. The summed E-state index contributed by atoms with van der Waals surface area (Å²) in [5, 5.41) is 8.62. The van der Waals surface area contributed by atoms with Gasteiger partial charge in [0.15, 0.2) is 0 Å². The van der Waals surface area contributed by atoms with E-state index in [1.807, 2.05) is 12.1 Å². The van der Waals surface area contributed by atoms with Crippen molar-refractivity contribution in [2.75, 3.05) is 18.0 Å². The molecule has 1 aromatic rings. The normalized spacial score (nSPS) is 14.5. The smallest absolute Gasteiger partial charge is 0.335 e. The molecule has 1 aliphatic heterocycles. The molecule has 0 spiro atoms. The molecular formula is C9H9NO2. The largest absolute Gasteiger partial charge is 0.478 e. The number of carboxylic acids is 1. The molecule has 0 atom stereocenters. The average Bonchev–Trinajstić information content (AvgIpc) is 2.87. The van der Waals surface area contributed by atoms with E-state index in [1.54, 1.807) is 12.1 Å². The first-order valence-corrected chi connectivity index (χ1v) is 3.86. The van der Waals surface area contributed by atoms with Gasteiger partial charge < -0.3 is 10.0 Å². The molecule has 0 unspecified atom stereocenters. The van der Waals surface area contributed by atoms with Gasteiger partial charge in [-0.15, -0.1) is 0 Å². The molecule has 3 heteroatoms. The lowest BCUT2D eigenvalue weighted by Gasteiger charge is -2.01. The van der Waals surface area contributed by atoms with E-state index in [0.29, 0.717) is 5.56 Å². The van der Waals surface area contributed by atoms with Gasteiger partial charge in [0.1, 0.15) is 0 Å². The molecule has 1 saturated heterocycles. The molecule has 1 heterocycles. The summed E-state index contributed by atoms with van der Waals surface area (Å²) in [4.78, 5) is 12.7. The Labute approximate surface area is 70.2 Å². The van der Waals surface area contributed by atoms with Gasteiger partial charge in [0, 0.05) is 18.8 Å². The number of carbonyl (C=O) groups is 1. The summed E-state index contributed by atoms with van der Waals surface area (Å²) in [6.07, 6.45) is 0. The van der Waals surface area contributed by atoms with Crippen molar-refractivity contribution in [1.29, 1.82) is 0 Å². The summed E-state index contributed by atoms with van der Waals surface area (Å²) in [5.74, 6) is -0.868. The van der Waals surface area contributed by atoms with Crippen LogP contribution in [0.4, 0.5) is 5.69 Å². The maximum Gasteiger partial charge on any atom is 0.335 e. The number of hydrogen-bond acceptors (Lipinski definition) is 2. The molecule has 0 radical (unpaired) electrons. The van der Waals surface area contributed by atoms with Gasteiger partial charge in [0.05, 0.1) is 5.56 Å². The Morgan fingerprint density at radius 2 is 1.83 bits per heavy atom. The van der Waals surface area contributed by atoms with E-state index >= 15 is 0 Å². The molecule has 0 aliphatic carbocycles. The number of anilines is 1. The molecule has 2 rings (SSSR count). The maximum atomic E-state index is 10.5. The molecule has 0 bridgehead atoms. The number of aromatic carboxylic acids is 1. The fraction of sp³-hybridized carbons (Fsp3) is 0.222. The average molecular weight is 163 g/mol. The number of hydrogen-bond donors (Lipinski definition) is 1. The molecule has 1 fully saturated rings. The minimum absolute atomic E-state index is 0.348. The Morgan fingerprint density at radius 3 is 2.25 bits per heavy atom. The summed E-state index contributed by atoms with van der Waals surface area (Å²) >= 11 is 0. The zero-order valence-electron chi connectivity index (χ0n) is 6.53. The van der Waals surface area contributed by atoms with Crippen LogP contribution in [0.1, 0.15) is 10.4 Å². The molecular weight excluding hydrogens is 154 g/mol. The molecule has 0 amide bonds. The maximum absolute atomic E-state index is 10.5. The highest BCUT2D eigenvalue weighted by Gasteiger charge is 2.17. The van der Waals surface area contributed by atoms with Crippen molar-refractivity contribution in [3.8, 4) is 0 Å². The van der Waals surface area contributed by atoms with Crippen molar-refractivity contribution >= 4 is 11.7 Å². The monoisotopic (exact) mass is 163 g/mol. The van der Waals surface area contributed by atoms with Gasteiger partial charge in [-0.2, -0.15) is 0 Å². The fourth-order valence-electron chi connectivity index (χ4n) is 1.12. The van der Waals surface area contributed by atoms with E-state index < -0.39 is 5.97 Å². The van der Waals surface area contributed by atoms with Crippen LogP contribution in [0.25, 0.3) is 0 Å². The van der Waals surface area contributed by atoms with Crippen LogP contribution < -0.4 is 4.90 Å². The third-order valence-electron chi connectivity index (χ3n) is 1.93. The first-order valence-electron chi connectivity index (χ1n) is 3.86. The van der Waals surface area contributed by atoms with Crippen molar-refractivity contribution < 1.29 is 9.90 Å². The van der Waals surface area contributed by atoms with E-state index in [2.05, 4.69) is 4.90 Å². The van der Waals surface area contributed by atoms with Crippen LogP contribution in [0.2, 0.25) is 0 Å². The minimum atomic E-state index is -0.868. The predicted octanol–water partition coefficient (Wildman–Crippen LogP) is 1.20. The van der Waals surface area contributed by atoms with E-state index in [4.69, 9.17) is 5.11 Å². The lowest BCUT2D eigenvalue weighted by Crippen LogP contribution is -1.96. The van der Waals surface area contributed by atoms with Crippen LogP contribution in [-0.2, 0) is 0 Å². The molecule has 0 aromatic heterocycles. The highest BCUT2D eigenvalue weighted by Crippen LogP contribution is 2.20. The first-order chi connectivity index (χ1) is 5.77. The van der Waals surface area contributed by atoms with Crippen molar-refractivity contribution in [3.05, 3.63) is 29.8 Å². The molecule has 12 heavy (non-hydrogen) atoms. The van der Waals surface area contributed by atoms with Crippen LogP contribution in [0, 0.1) is 0 Å². The molecule has 1 aliphatic rings. The molecule has 1 aromatic carbocycles. The van der Waals surface area contributed by atoms with E-state index in [0.717, 1.165) is 18.8 Å². The third kappa shape index (κ3) is 1.25. The summed E-state index contributed by atoms with van der Waals surface area (Å²) in [6.45, 7) is 2.18. The Kier molecular flexibility index (Phi) is 1.50. The Morgan fingerprint density at radius 1 is 1.25 bits per heavy atom. The van der Waals surface area contributed by atoms with Crippen LogP contribution >= 0.6 is 0 Å². The van der Waals surface area contributed by atoms with Crippen LogP contribution in [0.15, 0.2) is 24.3 Å². The second-order valence-electron chi connectivity index (χ2n) is 2.84. The lowest BCUT2D eigenvalue weighted by molar-refractivity contribution is 0.0697. The van der Waals surface area contributed by atoms with E-state index in [9.17, 15) is 4.79 Å². The summed E-state index contributed by atoms with van der Waals surface area (Å²) in [7, 11) is 0. The van der Waals surface area contributed by atoms with Crippen molar-refractivity contribution in [2.45, 2.75) is 0 Å². The Hall–Kier alpha value is -1.51. The summed E-state index contributed by atoms with van der Waals surface area (Å²) in [5.41, 5.74) is 1.46. The topological polar surface area (TPSA) is 40.3 Å². The molecule has 1 N–H and O–H groups in total. The number of nitrogens with zero attached hydrogens (tertiary/aromatic N) is 1. The number of carboxylic acid groups (broad SMARTS) is 1.